The van der Waals surface area contributed by atoms with Crippen molar-refractivity contribution in [1.82, 2.24) is 14.6 Å². The topological polar surface area (TPSA) is 73.8 Å². The highest BCUT2D eigenvalue weighted by molar-refractivity contribution is 5.77. The smallest absolute Gasteiger partial charge is 0.165 e. The van der Waals surface area contributed by atoms with Crippen LogP contribution in [0.1, 0.15) is 12.5 Å². The summed E-state index contributed by atoms with van der Waals surface area (Å²) in [5.74, 6) is 2.15. The van der Waals surface area contributed by atoms with Gasteiger partial charge in [-0.05, 0) is 30.2 Å². The van der Waals surface area contributed by atoms with Crippen molar-refractivity contribution in [3.63, 3.8) is 0 Å². The minimum Gasteiger partial charge on any atom is -0.493 e. The molecule has 0 saturated carbocycles. The Kier molecular flexibility index (Phi) is 4.42. The van der Waals surface area contributed by atoms with Gasteiger partial charge in [-0.25, -0.2) is 9.50 Å². The van der Waals surface area contributed by atoms with Crippen LogP contribution in [0.4, 0.5) is 11.5 Å². The fourth-order valence-corrected chi connectivity index (χ4v) is 3.09. The summed E-state index contributed by atoms with van der Waals surface area (Å²) in [6.45, 7) is 2.08. The van der Waals surface area contributed by atoms with Crippen molar-refractivity contribution >= 4 is 17.2 Å². The Balaban J connectivity index is 1.72. The van der Waals surface area contributed by atoms with Gasteiger partial charge >= 0.3 is 0 Å². The maximum Gasteiger partial charge on any atom is 0.165 e. The van der Waals surface area contributed by atoms with Crippen LogP contribution in [0, 0.1) is 0 Å². The predicted molar refractivity (Wildman–Crippen MR) is 103 cm³/mol. The van der Waals surface area contributed by atoms with Gasteiger partial charge in [0, 0.05) is 29.1 Å². The molecule has 0 amide bonds. The fraction of sp³-hybridized carbons (Fsp3) is 0.200. The van der Waals surface area contributed by atoms with E-state index in [1.807, 2.05) is 30.5 Å². The van der Waals surface area contributed by atoms with E-state index in [2.05, 4.69) is 17.3 Å². The molecule has 3 aromatic heterocycles. The summed E-state index contributed by atoms with van der Waals surface area (Å²) in [6, 6.07) is 7.71. The molecule has 0 aliphatic heterocycles. The van der Waals surface area contributed by atoms with Gasteiger partial charge in [0.05, 0.1) is 32.9 Å². The normalized spacial score (nSPS) is 10.9. The van der Waals surface area contributed by atoms with E-state index in [9.17, 15) is 0 Å². The Bertz CT molecular complexity index is 1050. The van der Waals surface area contributed by atoms with Crippen molar-refractivity contribution in [1.29, 1.82) is 0 Å². The summed E-state index contributed by atoms with van der Waals surface area (Å²) in [7, 11) is 3.28. The first-order valence-corrected chi connectivity index (χ1v) is 8.62. The standard InChI is InChI=1S/C20H20N4O3/c1-4-13-9-15(10-17(25-2)19(13)26-3)22-18-5-7-24-20(23-18)16(11-21-24)14-6-8-27-12-14/h5-12H,4H2,1-3H3,(H,22,23). The number of furan rings is 1. The van der Waals surface area contributed by atoms with E-state index in [0.717, 1.165) is 40.2 Å². The van der Waals surface area contributed by atoms with Crippen molar-refractivity contribution in [3.8, 4) is 22.6 Å². The number of rotatable bonds is 6. The number of ether oxygens (including phenoxy) is 2. The van der Waals surface area contributed by atoms with Crippen molar-refractivity contribution in [2.24, 2.45) is 0 Å². The average Bonchev–Trinajstić information content (AvgIpc) is 3.36. The van der Waals surface area contributed by atoms with Crippen LogP contribution >= 0.6 is 0 Å². The summed E-state index contributed by atoms with van der Waals surface area (Å²) >= 11 is 0. The van der Waals surface area contributed by atoms with Crippen LogP contribution in [0.15, 0.2) is 53.6 Å². The largest absolute Gasteiger partial charge is 0.493 e. The van der Waals surface area contributed by atoms with Crippen molar-refractivity contribution < 1.29 is 13.9 Å². The maximum absolute atomic E-state index is 5.48. The molecule has 138 valence electrons. The van der Waals surface area contributed by atoms with Gasteiger partial charge in [0.2, 0.25) is 0 Å². The Morgan fingerprint density at radius 2 is 2.07 bits per heavy atom. The second kappa shape index (κ2) is 7.03. The molecule has 0 aliphatic rings. The lowest BCUT2D eigenvalue weighted by Crippen LogP contribution is -2.00. The first kappa shape index (κ1) is 17.0. The summed E-state index contributed by atoms with van der Waals surface area (Å²) in [6.07, 6.45) is 7.80. The molecule has 4 aromatic rings. The summed E-state index contributed by atoms with van der Waals surface area (Å²) in [4.78, 5) is 4.72. The Morgan fingerprint density at radius 3 is 2.78 bits per heavy atom. The molecule has 0 aliphatic carbocycles. The number of methoxy groups -OCH3 is 2. The Labute approximate surface area is 156 Å². The van der Waals surface area contributed by atoms with Gasteiger partial charge in [-0.2, -0.15) is 5.10 Å². The molecule has 0 saturated heterocycles. The van der Waals surface area contributed by atoms with E-state index in [4.69, 9.17) is 18.9 Å². The molecule has 7 nitrogen and oxygen atoms in total. The number of aryl methyl sites for hydroxylation is 1. The van der Waals surface area contributed by atoms with Crippen molar-refractivity contribution in [2.45, 2.75) is 13.3 Å². The lowest BCUT2D eigenvalue weighted by Gasteiger charge is -2.15. The minimum atomic E-state index is 0.684. The lowest BCUT2D eigenvalue weighted by molar-refractivity contribution is 0.352. The molecule has 0 fully saturated rings. The van der Waals surface area contributed by atoms with Gasteiger partial charge in [-0.1, -0.05) is 6.92 Å². The van der Waals surface area contributed by atoms with Crippen LogP contribution in [-0.4, -0.2) is 28.8 Å². The molecule has 1 N–H and O–H groups in total. The van der Waals surface area contributed by atoms with Crippen molar-refractivity contribution in [2.75, 3.05) is 19.5 Å². The van der Waals surface area contributed by atoms with E-state index in [1.54, 1.807) is 37.5 Å². The monoisotopic (exact) mass is 364 g/mol. The quantitative estimate of drug-likeness (QED) is 0.549. The number of benzene rings is 1. The zero-order valence-electron chi connectivity index (χ0n) is 15.4. The maximum atomic E-state index is 5.48. The second-order valence-corrected chi connectivity index (χ2v) is 6.00. The number of fused-ring (bicyclic) bond motifs is 1. The molecule has 4 rings (SSSR count). The van der Waals surface area contributed by atoms with E-state index in [1.165, 1.54) is 0 Å². The number of hydrogen-bond donors (Lipinski definition) is 1. The number of nitrogens with one attached hydrogen (secondary N) is 1. The highest BCUT2D eigenvalue weighted by Crippen LogP contribution is 2.36. The number of nitrogens with zero attached hydrogens (tertiary/aromatic N) is 3. The number of aromatic nitrogens is 3. The molecule has 0 radical (unpaired) electrons. The van der Waals surface area contributed by atoms with Gasteiger partial charge in [-0.3, -0.25) is 0 Å². The molecule has 7 heteroatoms. The Morgan fingerprint density at radius 1 is 1.19 bits per heavy atom. The first-order valence-electron chi connectivity index (χ1n) is 8.62. The SMILES string of the molecule is CCc1cc(Nc2ccn3ncc(-c4ccoc4)c3n2)cc(OC)c1OC. The van der Waals surface area contributed by atoms with Gasteiger partial charge in [-0.15, -0.1) is 0 Å². The first-order chi connectivity index (χ1) is 13.2. The van der Waals surface area contributed by atoms with Crippen LogP contribution in [0.25, 0.3) is 16.8 Å². The molecule has 0 unspecified atom stereocenters. The molecular weight excluding hydrogens is 344 g/mol. The zero-order valence-corrected chi connectivity index (χ0v) is 15.4. The Hall–Kier alpha value is -3.48. The zero-order chi connectivity index (χ0) is 18.8. The fourth-order valence-electron chi connectivity index (χ4n) is 3.09. The third-order valence-corrected chi connectivity index (χ3v) is 4.41. The third-order valence-electron chi connectivity index (χ3n) is 4.41. The molecule has 1 aromatic carbocycles. The molecule has 0 atom stereocenters. The van der Waals surface area contributed by atoms with E-state index >= 15 is 0 Å². The lowest BCUT2D eigenvalue weighted by atomic mass is 10.1. The molecule has 0 bridgehead atoms. The summed E-state index contributed by atoms with van der Waals surface area (Å²) in [5.41, 5.74) is 4.54. The average molecular weight is 364 g/mol. The molecule has 27 heavy (non-hydrogen) atoms. The molecule has 0 spiro atoms. The van der Waals surface area contributed by atoms with Crippen LogP contribution in [0.5, 0.6) is 11.5 Å². The van der Waals surface area contributed by atoms with Crippen LogP contribution in [0.2, 0.25) is 0 Å². The highest BCUT2D eigenvalue weighted by Gasteiger charge is 2.13. The predicted octanol–water partition coefficient (Wildman–Crippen LogP) is 4.31. The van der Waals surface area contributed by atoms with E-state index in [-0.39, 0.29) is 0 Å². The summed E-state index contributed by atoms with van der Waals surface area (Å²) < 4.78 is 17.9. The summed E-state index contributed by atoms with van der Waals surface area (Å²) in [5, 5.41) is 7.70. The van der Waals surface area contributed by atoms with Crippen LogP contribution in [-0.2, 0) is 6.42 Å². The van der Waals surface area contributed by atoms with E-state index < -0.39 is 0 Å². The molecule has 3 heterocycles. The second-order valence-electron chi connectivity index (χ2n) is 6.00. The van der Waals surface area contributed by atoms with Crippen molar-refractivity contribution in [3.05, 3.63) is 54.7 Å². The van der Waals surface area contributed by atoms with Gasteiger partial charge in [0.15, 0.2) is 17.1 Å². The number of anilines is 2. The van der Waals surface area contributed by atoms with E-state index in [0.29, 0.717) is 11.6 Å². The van der Waals surface area contributed by atoms with Gasteiger partial charge < -0.3 is 19.2 Å². The third kappa shape index (κ3) is 3.08. The van der Waals surface area contributed by atoms with Gasteiger partial charge in [0.25, 0.3) is 0 Å². The van der Waals surface area contributed by atoms with Gasteiger partial charge in [0.1, 0.15) is 5.82 Å². The van der Waals surface area contributed by atoms with Crippen LogP contribution in [0.3, 0.4) is 0 Å². The highest BCUT2D eigenvalue weighted by atomic mass is 16.5. The number of hydrogen-bond acceptors (Lipinski definition) is 6. The molecular formula is C20H20N4O3. The van der Waals surface area contributed by atoms with Crippen LogP contribution < -0.4 is 14.8 Å². The minimum absolute atomic E-state index is 0.684.